The van der Waals surface area contributed by atoms with Crippen LogP contribution in [0.1, 0.15) is 36.6 Å². The zero-order chi connectivity index (χ0) is 8.39. The summed E-state index contributed by atoms with van der Waals surface area (Å²) in [4.78, 5) is 4.49. The monoisotopic (exact) mass is 161 g/mol. The number of aromatic nitrogens is 1. The van der Waals surface area contributed by atoms with Gasteiger partial charge in [-0.05, 0) is 43.2 Å². The second-order valence-electron chi connectivity index (χ2n) is 3.51. The highest BCUT2D eigenvalue weighted by atomic mass is 14.7. The molecule has 1 nitrogen and oxygen atoms in total. The Balaban J connectivity index is 2.36. The van der Waals surface area contributed by atoms with E-state index in [0.29, 0.717) is 0 Å². The first-order valence-electron chi connectivity index (χ1n) is 4.87. The van der Waals surface area contributed by atoms with E-state index in [2.05, 4.69) is 18.0 Å². The van der Waals surface area contributed by atoms with Crippen LogP contribution in [0.25, 0.3) is 0 Å². The third-order valence-electron chi connectivity index (χ3n) is 2.63. The molecule has 1 aliphatic carbocycles. The average Bonchev–Trinajstić information content (AvgIpc) is 2.17. The lowest BCUT2D eigenvalue weighted by Crippen LogP contribution is -2.05. The summed E-state index contributed by atoms with van der Waals surface area (Å²) in [7, 11) is 0. The van der Waals surface area contributed by atoms with E-state index in [1.807, 2.05) is 6.20 Å². The molecule has 0 fully saturated rings. The van der Waals surface area contributed by atoms with Gasteiger partial charge >= 0.3 is 0 Å². The van der Waals surface area contributed by atoms with Gasteiger partial charge in [0.25, 0.3) is 0 Å². The molecule has 0 N–H and O–H groups in total. The number of nitrogens with zero attached hydrogens (tertiary/aromatic N) is 1. The first-order valence-corrected chi connectivity index (χ1v) is 4.87. The van der Waals surface area contributed by atoms with E-state index in [9.17, 15) is 0 Å². The van der Waals surface area contributed by atoms with Crippen molar-refractivity contribution in [2.24, 2.45) is 0 Å². The van der Waals surface area contributed by atoms with Gasteiger partial charge in [-0.3, -0.25) is 4.98 Å². The number of aryl methyl sites for hydroxylation is 3. The molecule has 0 bridgehead atoms. The molecule has 0 radical (unpaired) electrons. The molecule has 0 atom stereocenters. The van der Waals surface area contributed by atoms with E-state index in [1.54, 1.807) is 0 Å². The molecule has 0 amide bonds. The number of hydrogen-bond donors (Lipinski definition) is 0. The van der Waals surface area contributed by atoms with Crippen molar-refractivity contribution in [2.75, 3.05) is 0 Å². The quantitative estimate of drug-likeness (QED) is 0.616. The molecule has 12 heavy (non-hydrogen) atoms. The molecule has 1 aromatic heterocycles. The lowest BCUT2D eigenvalue weighted by atomic mass is 9.95. The molecule has 0 unspecified atom stereocenters. The highest BCUT2D eigenvalue weighted by molar-refractivity contribution is 5.27. The molecule has 2 rings (SSSR count). The van der Waals surface area contributed by atoms with Crippen LogP contribution in [-0.4, -0.2) is 4.98 Å². The first kappa shape index (κ1) is 7.78. The van der Waals surface area contributed by atoms with E-state index in [0.717, 1.165) is 6.42 Å². The topological polar surface area (TPSA) is 12.9 Å². The Kier molecular flexibility index (Phi) is 2.11. The van der Waals surface area contributed by atoms with Gasteiger partial charge in [-0.25, -0.2) is 0 Å². The summed E-state index contributed by atoms with van der Waals surface area (Å²) in [6.07, 6.45) is 8.26. The van der Waals surface area contributed by atoms with Gasteiger partial charge in [-0.1, -0.05) is 13.0 Å². The van der Waals surface area contributed by atoms with E-state index in [4.69, 9.17) is 0 Å². The maximum absolute atomic E-state index is 4.49. The van der Waals surface area contributed by atoms with Gasteiger partial charge in [0.1, 0.15) is 0 Å². The molecule has 1 aromatic rings. The van der Waals surface area contributed by atoms with Crippen molar-refractivity contribution in [3.8, 4) is 0 Å². The summed E-state index contributed by atoms with van der Waals surface area (Å²) >= 11 is 0. The van der Waals surface area contributed by atoms with Crippen molar-refractivity contribution in [2.45, 2.75) is 39.0 Å². The van der Waals surface area contributed by atoms with E-state index in [1.165, 1.54) is 42.5 Å². The van der Waals surface area contributed by atoms with Gasteiger partial charge in [-0.15, -0.1) is 0 Å². The molecule has 0 spiro atoms. The summed E-state index contributed by atoms with van der Waals surface area (Å²) in [5.41, 5.74) is 4.23. The van der Waals surface area contributed by atoms with Gasteiger partial charge in [0.15, 0.2) is 0 Å². The van der Waals surface area contributed by atoms with Crippen LogP contribution >= 0.6 is 0 Å². The van der Waals surface area contributed by atoms with Crippen LogP contribution in [0.3, 0.4) is 0 Å². The van der Waals surface area contributed by atoms with Crippen LogP contribution in [-0.2, 0) is 19.3 Å². The van der Waals surface area contributed by atoms with Crippen molar-refractivity contribution < 1.29 is 0 Å². The smallest absolute Gasteiger partial charge is 0.0435 e. The molecule has 64 valence electrons. The highest BCUT2D eigenvalue weighted by Crippen LogP contribution is 2.19. The summed E-state index contributed by atoms with van der Waals surface area (Å²) in [6, 6.07) is 2.33. The minimum absolute atomic E-state index is 1.11. The first-order chi connectivity index (χ1) is 5.90. The predicted molar refractivity (Wildman–Crippen MR) is 50.3 cm³/mol. The fourth-order valence-corrected chi connectivity index (χ4v) is 1.83. The molecule has 1 aliphatic rings. The van der Waals surface area contributed by atoms with Gasteiger partial charge in [-0.2, -0.15) is 0 Å². The second kappa shape index (κ2) is 3.26. The standard InChI is InChI=1S/C11H15N/c1-2-9-7-10-5-3-4-6-11(10)12-8-9/h7-8H,2-6H2,1H3. The van der Waals surface area contributed by atoms with E-state index >= 15 is 0 Å². The fraction of sp³-hybridized carbons (Fsp3) is 0.545. The predicted octanol–water partition coefficient (Wildman–Crippen LogP) is 2.52. The van der Waals surface area contributed by atoms with Crippen LogP contribution in [0, 0.1) is 0 Å². The van der Waals surface area contributed by atoms with Crippen molar-refractivity contribution in [3.05, 3.63) is 29.1 Å². The second-order valence-corrected chi connectivity index (χ2v) is 3.51. The van der Waals surface area contributed by atoms with Gasteiger partial charge in [0, 0.05) is 11.9 Å². The van der Waals surface area contributed by atoms with Crippen LogP contribution < -0.4 is 0 Å². The van der Waals surface area contributed by atoms with Crippen molar-refractivity contribution in [1.29, 1.82) is 0 Å². The third kappa shape index (κ3) is 1.36. The Morgan fingerprint density at radius 1 is 1.33 bits per heavy atom. The Labute approximate surface area is 73.8 Å². The molecule has 0 aromatic carbocycles. The Morgan fingerprint density at radius 2 is 2.17 bits per heavy atom. The van der Waals surface area contributed by atoms with Gasteiger partial charge < -0.3 is 0 Å². The Hall–Kier alpha value is -0.850. The number of rotatable bonds is 1. The van der Waals surface area contributed by atoms with Crippen LogP contribution in [0.2, 0.25) is 0 Å². The summed E-state index contributed by atoms with van der Waals surface area (Å²) in [5, 5.41) is 0. The lowest BCUT2D eigenvalue weighted by molar-refractivity contribution is 0.666. The molecule has 1 heterocycles. The van der Waals surface area contributed by atoms with Gasteiger partial charge in [0.2, 0.25) is 0 Å². The average molecular weight is 161 g/mol. The lowest BCUT2D eigenvalue weighted by Gasteiger charge is -2.14. The van der Waals surface area contributed by atoms with Crippen molar-refractivity contribution >= 4 is 0 Å². The van der Waals surface area contributed by atoms with Crippen LogP contribution in [0.5, 0.6) is 0 Å². The maximum atomic E-state index is 4.49. The zero-order valence-electron chi connectivity index (χ0n) is 7.64. The zero-order valence-corrected chi connectivity index (χ0v) is 7.64. The fourth-order valence-electron chi connectivity index (χ4n) is 1.83. The number of hydrogen-bond acceptors (Lipinski definition) is 1. The molecular weight excluding hydrogens is 146 g/mol. The Morgan fingerprint density at radius 3 is 3.00 bits per heavy atom. The molecular formula is C11H15N. The molecule has 1 heteroatoms. The largest absolute Gasteiger partial charge is 0.261 e. The van der Waals surface area contributed by atoms with Crippen LogP contribution in [0.15, 0.2) is 12.3 Å². The summed E-state index contributed by atoms with van der Waals surface area (Å²) in [5.74, 6) is 0. The minimum Gasteiger partial charge on any atom is -0.261 e. The normalized spacial score (nSPS) is 15.8. The summed E-state index contributed by atoms with van der Waals surface area (Å²) in [6.45, 7) is 2.19. The third-order valence-corrected chi connectivity index (χ3v) is 2.63. The van der Waals surface area contributed by atoms with E-state index in [-0.39, 0.29) is 0 Å². The summed E-state index contributed by atoms with van der Waals surface area (Å²) < 4.78 is 0. The van der Waals surface area contributed by atoms with Crippen molar-refractivity contribution in [3.63, 3.8) is 0 Å². The minimum atomic E-state index is 1.11. The number of pyridine rings is 1. The molecule has 0 saturated carbocycles. The molecule has 0 aliphatic heterocycles. The number of fused-ring (bicyclic) bond motifs is 1. The van der Waals surface area contributed by atoms with Crippen molar-refractivity contribution in [1.82, 2.24) is 4.98 Å². The van der Waals surface area contributed by atoms with Crippen LogP contribution in [0.4, 0.5) is 0 Å². The van der Waals surface area contributed by atoms with Gasteiger partial charge in [0.05, 0.1) is 0 Å². The van der Waals surface area contributed by atoms with E-state index < -0.39 is 0 Å². The Bertz CT molecular complexity index is 278. The molecule has 0 saturated heterocycles. The highest BCUT2D eigenvalue weighted by Gasteiger charge is 2.09. The SMILES string of the molecule is CCc1cnc2c(c1)CCCC2. The maximum Gasteiger partial charge on any atom is 0.0435 e.